The number of imidazole rings is 1. The highest BCUT2D eigenvalue weighted by atomic mass is 16.4. The highest BCUT2D eigenvalue weighted by Gasteiger charge is 1.98. The number of rotatable bonds is 2. The summed E-state index contributed by atoms with van der Waals surface area (Å²) in [5, 5.41) is 8.32. The van der Waals surface area contributed by atoms with Crippen molar-refractivity contribution in [1.29, 1.82) is 0 Å². The molecule has 0 amide bonds. The van der Waals surface area contributed by atoms with Crippen LogP contribution < -0.4 is 5.73 Å². The second-order valence-electron chi connectivity index (χ2n) is 2.31. The van der Waals surface area contributed by atoms with Gasteiger partial charge in [0.05, 0.1) is 0 Å². The van der Waals surface area contributed by atoms with Crippen LogP contribution in [0.3, 0.4) is 0 Å². The van der Waals surface area contributed by atoms with E-state index in [1.54, 1.807) is 17.8 Å². The fourth-order valence-electron chi connectivity index (χ4n) is 0.805. The minimum absolute atomic E-state index is 0.377. The zero-order valence-corrected chi connectivity index (χ0v) is 6.56. The van der Waals surface area contributed by atoms with Crippen LogP contribution in [0, 0.1) is 0 Å². The average Bonchev–Trinajstić information content (AvgIpc) is 2.26. The lowest BCUT2D eigenvalue weighted by atomic mass is 10.5. The van der Waals surface area contributed by atoms with E-state index in [9.17, 15) is 4.79 Å². The minimum atomic E-state index is -1.00. The SMILES string of the molecule is Cn1cc(N)nc1/C=C/C(=O)O. The quantitative estimate of drug-likeness (QED) is 0.612. The Morgan fingerprint density at radius 2 is 2.50 bits per heavy atom. The maximum atomic E-state index is 10.1. The Hall–Kier alpha value is -1.78. The molecule has 5 nitrogen and oxygen atoms in total. The smallest absolute Gasteiger partial charge is 0.328 e. The van der Waals surface area contributed by atoms with Gasteiger partial charge in [-0.2, -0.15) is 0 Å². The number of anilines is 1. The molecular weight excluding hydrogens is 158 g/mol. The summed E-state index contributed by atoms with van der Waals surface area (Å²) in [5.41, 5.74) is 5.37. The van der Waals surface area contributed by atoms with Gasteiger partial charge in [0.15, 0.2) is 0 Å². The molecule has 0 atom stereocenters. The summed E-state index contributed by atoms with van der Waals surface area (Å²) < 4.78 is 1.65. The summed E-state index contributed by atoms with van der Waals surface area (Å²) in [6, 6.07) is 0. The van der Waals surface area contributed by atoms with Crippen molar-refractivity contribution in [2.75, 3.05) is 5.73 Å². The molecule has 1 heterocycles. The van der Waals surface area contributed by atoms with Crippen molar-refractivity contribution in [3.05, 3.63) is 18.1 Å². The van der Waals surface area contributed by atoms with Crippen LogP contribution in [0.25, 0.3) is 6.08 Å². The largest absolute Gasteiger partial charge is 0.478 e. The van der Waals surface area contributed by atoms with E-state index in [1.165, 1.54) is 6.08 Å². The summed E-state index contributed by atoms with van der Waals surface area (Å²) in [6.07, 6.45) is 4.02. The van der Waals surface area contributed by atoms with Gasteiger partial charge in [-0.05, 0) is 6.08 Å². The molecule has 1 aromatic rings. The van der Waals surface area contributed by atoms with Crippen molar-refractivity contribution in [3.8, 4) is 0 Å². The summed E-state index contributed by atoms with van der Waals surface area (Å²) in [6.45, 7) is 0. The van der Waals surface area contributed by atoms with E-state index in [2.05, 4.69) is 4.98 Å². The zero-order valence-electron chi connectivity index (χ0n) is 6.56. The van der Waals surface area contributed by atoms with Gasteiger partial charge >= 0.3 is 5.97 Å². The lowest BCUT2D eigenvalue weighted by Gasteiger charge is -1.90. The average molecular weight is 167 g/mol. The molecule has 0 aromatic carbocycles. The van der Waals surface area contributed by atoms with Crippen LogP contribution in [-0.2, 0) is 11.8 Å². The number of hydrogen-bond donors (Lipinski definition) is 2. The van der Waals surface area contributed by atoms with Crippen LogP contribution in [0.4, 0.5) is 5.82 Å². The number of carbonyl (C=O) groups is 1. The van der Waals surface area contributed by atoms with Gasteiger partial charge in [-0.1, -0.05) is 0 Å². The van der Waals surface area contributed by atoms with Crippen molar-refractivity contribution in [2.45, 2.75) is 0 Å². The van der Waals surface area contributed by atoms with Crippen LogP contribution in [0.5, 0.6) is 0 Å². The Kier molecular flexibility index (Phi) is 2.14. The molecule has 0 spiro atoms. The molecule has 0 radical (unpaired) electrons. The Morgan fingerprint density at radius 1 is 1.83 bits per heavy atom. The lowest BCUT2D eigenvalue weighted by Crippen LogP contribution is -1.91. The minimum Gasteiger partial charge on any atom is -0.478 e. The van der Waals surface area contributed by atoms with Gasteiger partial charge in [0.1, 0.15) is 11.6 Å². The van der Waals surface area contributed by atoms with Crippen molar-refractivity contribution >= 4 is 17.9 Å². The topological polar surface area (TPSA) is 81.1 Å². The molecule has 0 unspecified atom stereocenters. The van der Waals surface area contributed by atoms with Gasteiger partial charge in [0.25, 0.3) is 0 Å². The molecular formula is C7H9N3O2. The number of carboxylic acid groups (broad SMARTS) is 1. The van der Waals surface area contributed by atoms with Gasteiger partial charge in [0.2, 0.25) is 0 Å². The Balaban J connectivity index is 2.89. The van der Waals surface area contributed by atoms with Crippen LogP contribution in [-0.4, -0.2) is 20.6 Å². The van der Waals surface area contributed by atoms with E-state index in [1.807, 2.05) is 0 Å². The predicted molar refractivity (Wildman–Crippen MR) is 44.3 cm³/mol. The standard InChI is InChI=1S/C7H9N3O2/c1-10-4-5(8)9-6(10)2-3-7(11)12/h2-4H,8H2,1H3,(H,11,12)/b3-2+. The fourth-order valence-corrected chi connectivity index (χ4v) is 0.805. The van der Waals surface area contributed by atoms with Crippen molar-refractivity contribution in [2.24, 2.45) is 7.05 Å². The van der Waals surface area contributed by atoms with Crippen molar-refractivity contribution < 1.29 is 9.90 Å². The van der Waals surface area contributed by atoms with Gasteiger partial charge in [-0.3, -0.25) is 0 Å². The molecule has 0 bridgehead atoms. The number of aryl methyl sites for hydroxylation is 1. The van der Waals surface area contributed by atoms with E-state index >= 15 is 0 Å². The van der Waals surface area contributed by atoms with Crippen molar-refractivity contribution in [1.82, 2.24) is 9.55 Å². The summed E-state index contributed by atoms with van der Waals surface area (Å²) in [5.74, 6) is -0.103. The fraction of sp³-hybridized carbons (Fsp3) is 0.143. The maximum absolute atomic E-state index is 10.1. The highest BCUT2D eigenvalue weighted by molar-refractivity contribution is 5.84. The van der Waals surface area contributed by atoms with E-state index in [4.69, 9.17) is 10.8 Å². The highest BCUT2D eigenvalue weighted by Crippen LogP contribution is 2.03. The molecule has 0 saturated heterocycles. The van der Waals surface area contributed by atoms with Gasteiger partial charge in [-0.15, -0.1) is 0 Å². The first-order valence-corrected chi connectivity index (χ1v) is 3.29. The predicted octanol–water partition coefficient (Wildman–Crippen LogP) is 0.100. The van der Waals surface area contributed by atoms with Crippen molar-refractivity contribution in [3.63, 3.8) is 0 Å². The second kappa shape index (κ2) is 3.08. The number of aromatic nitrogens is 2. The van der Waals surface area contributed by atoms with E-state index in [0.717, 1.165) is 6.08 Å². The lowest BCUT2D eigenvalue weighted by molar-refractivity contribution is -0.131. The summed E-state index contributed by atoms with van der Waals surface area (Å²) >= 11 is 0. The molecule has 3 N–H and O–H groups in total. The third-order valence-corrected chi connectivity index (χ3v) is 1.31. The third-order valence-electron chi connectivity index (χ3n) is 1.31. The Labute approximate surface area is 69.1 Å². The van der Waals surface area contributed by atoms with Gasteiger partial charge in [0, 0.05) is 19.3 Å². The summed E-state index contributed by atoms with van der Waals surface area (Å²) in [7, 11) is 1.74. The van der Waals surface area contributed by atoms with Crippen LogP contribution in [0.1, 0.15) is 5.82 Å². The molecule has 0 fully saturated rings. The third kappa shape index (κ3) is 1.85. The molecule has 0 aliphatic carbocycles. The van der Waals surface area contributed by atoms with E-state index < -0.39 is 5.97 Å². The number of aliphatic carboxylic acids is 1. The summed E-state index contributed by atoms with van der Waals surface area (Å²) in [4.78, 5) is 14.0. The molecule has 64 valence electrons. The first-order chi connectivity index (χ1) is 5.59. The van der Waals surface area contributed by atoms with Crippen LogP contribution >= 0.6 is 0 Å². The van der Waals surface area contributed by atoms with Gasteiger partial charge in [-0.25, -0.2) is 9.78 Å². The molecule has 12 heavy (non-hydrogen) atoms. The zero-order chi connectivity index (χ0) is 9.14. The maximum Gasteiger partial charge on any atom is 0.328 e. The Morgan fingerprint density at radius 3 is 2.92 bits per heavy atom. The number of nitrogen functional groups attached to an aromatic ring is 1. The first kappa shape index (κ1) is 8.32. The number of nitrogens with two attached hydrogens (primary N) is 1. The Bertz CT molecular complexity index is 327. The monoisotopic (exact) mass is 167 g/mol. The number of nitrogens with zero attached hydrogens (tertiary/aromatic N) is 2. The molecule has 0 aliphatic rings. The number of hydrogen-bond acceptors (Lipinski definition) is 3. The van der Waals surface area contributed by atoms with E-state index in [-0.39, 0.29) is 0 Å². The van der Waals surface area contributed by atoms with Crippen LogP contribution in [0.15, 0.2) is 12.3 Å². The van der Waals surface area contributed by atoms with Gasteiger partial charge < -0.3 is 15.4 Å². The normalized spacial score (nSPS) is 10.8. The first-order valence-electron chi connectivity index (χ1n) is 3.29. The van der Waals surface area contributed by atoms with Crippen LogP contribution in [0.2, 0.25) is 0 Å². The number of carboxylic acids is 1. The molecule has 5 heteroatoms. The second-order valence-corrected chi connectivity index (χ2v) is 2.31. The molecule has 0 saturated carbocycles. The molecule has 1 aromatic heterocycles. The molecule has 0 aliphatic heterocycles. The molecule has 1 rings (SSSR count). The van der Waals surface area contributed by atoms with E-state index in [0.29, 0.717) is 11.6 Å².